The van der Waals surface area contributed by atoms with Crippen LogP contribution >= 0.6 is 0 Å². The Hall–Kier alpha value is -1.52. The van der Waals surface area contributed by atoms with E-state index in [4.69, 9.17) is 11.5 Å². The van der Waals surface area contributed by atoms with Crippen molar-refractivity contribution in [3.05, 3.63) is 6.07 Å². The van der Waals surface area contributed by atoms with Crippen molar-refractivity contribution in [2.24, 2.45) is 5.41 Å². The summed E-state index contributed by atoms with van der Waals surface area (Å²) < 4.78 is 0. The zero-order valence-electron chi connectivity index (χ0n) is 9.54. The third kappa shape index (κ3) is 3.61. The lowest BCUT2D eigenvalue weighted by atomic mass is 9.90. The van der Waals surface area contributed by atoms with Gasteiger partial charge in [0.15, 0.2) is 0 Å². The molecule has 5 heteroatoms. The van der Waals surface area contributed by atoms with Crippen LogP contribution in [0.15, 0.2) is 6.07 Å². The van der Waals surface area contributed by atoms with Gasteiger partial charge in [0.05, 0.1) is 0 Å². The first-order chi connectivity index (χ1) is 6.93. The van der Waals surface area contributed by atoms with Crippen LogP contribution in [0.2, 0.25) is 0 Å². The lowest BCUT2D eigenvalue weighted by Gasteiger charge is -2.23. The quantitative estimate of drug-likeness (QED) is 0.699. The molecule has 5 N–H and O–H groups in total. The highest BCUT2D eigenvalue weighted by Crippen LogP contribution is 2.20. The summed E-state index contributed by atoms with van der Waals surface area (Å²) in [6.45, 7) is 7.37. The van der Waals surface area contributed by atoms with Crippen molar-refractivity contribution in [1.29, 1.82) is 0 Å². The fraction of sp³-hybridized carbons (Fsp3) is 0.600. The molecule has 0 saturated carbocycles. The van der Waals surface area contributed by atoms with Gasteiger partial charge in [0.1, 0.15) is 11.6 Å². The first-order valence-corrected chi connectivity index (χ1v) is 5.07. The van der Waals surface area contributed by atoms with Gasteiger partial charge in [0.25, 0.3) is 0 Å². The minimum Gasteiger partial charge on any atom is -0.383 e. The standard InChI is InChI=1S/C10H19N5/c1-4-10(2,3)6-13-8-5-7(11)14-9(12)15-8/h5H,4,6H2,1-3H3,(H5,11,12,13,14,15). The Morgan fingerprint density at radius 3 is 2.53 bits per heavy atom. The molecule has 0 aliphatic carbocycles. The van der Waals surface area contributed by atoms with E-state index >= 15 is 0 Å². The number of rotatable bonds is 4. The second-order valence-electron chi connectivity index (χ2n) is 4.41. The van der Waals surface area contributed by atoms with Crippen LogP contribution in [0.3, 0.4) is 0 Å². The predicted molar refractivity (Wildman–Crippen MR) is 63.4 cm³/mol. The normalized spacial score (nSPS) is 11.4. The molecular weight excluding hydrogens is 190 g/mol. The van der Waals surface area contributed by atoms with E-state index in [1.165, 1.54) is 0 Å². The maximum Gasteiger partial charge on any atom is 0.223 e. The van der Waals surface area contributed by atoms with Crippen molar-refractivity contribution in [3.8, 4) is 0 Å². The monoisotopic (exact) mass is 209 g/mol. The highest BCUT2D eigenvalue weighted by atomic mass is 15.1. The summed E-state index contributed by atoms with van der Waals surface area (Å²) in [6.07, 6.45) is 1.09. The van der Waals surface area contributed by atoms with Crippen molar-refractivity contribution in [3.63, 3.8) is 0 Å². The van der Waals surface area contributed by atoms with E-state index in [2.05, 4.69) is 36.1 Å². The summed E-state index contributed by atoms with van der Waals surface area (Å²) in [5.41, 5.74) is 11.3. The van der Waals surface area contributed by atoms with Crippen LogP contribution in [0.5, 0.6) is 0 Å². The van der Waals surface area contributed by atoms with Crippen LogP contribution in [0, 0.1) is 5.41 Å². The molecule has 15 heavy (non-hydrogen) atoms. The molecule has 0 aromatic carbocycles. The first-order valence-electron chi connectivity index (χ1n) is 5.07. The van der Waals surface area contributed by atoms with E-state index in [9.17, 15) is 0 Å². The molecule has 0 radical (unpaired) electrons. The Labute approximate surface area is 90.3 Å². The van der Waals surface area contributed by atoms with Gasteiger partial charge in [0, 0.05) is 12.6 Å². The van der Waals surface area contributed by atoms with Gasteiger partial charge in [-0.1, -0.05) is 20.8 Å². The van der Waals surface area contributed by atoms with Gasteiger partial charge in [-0.2, -0.15) is 9.97 Å². The Bertz CT molecular complexity index is 314. The molecule has 0 fully saturated rings. The van der Waals surface area contributed by atoms with Crippen LogP contribution in [0.1, 0.15) is 27.2 Å². The molecule has 0 aliphatic rings. The largest absolute Gasteiger partial charge is 0.383 e. The fourth-order valence-corrected chi connectivity index (χ4v) is 1.03. The molecule has 5 nitrogen and oxygen atoms in total. The van der Waals surface area contributed by atoms with Crippen LogP contribution in [0.4, 0.5) is 17.6 Å². The molecule has 1 heterocycles. The fourth-order valence-electron chi connectivity index (χ4n) is 1.03. The Morgan fingerprint density at radius 2 is 2.00 bits per heavy atom. The average molecular weight is 209 g/mol. The molecule has 0 bridgehead atoms. The number of nitrogens with one attached hydrogen (secondary N) is 1. The Kier molecular flexibility index (Phi) is 3.34. The second-order valence-corrected chi connectivity index (χ2v) is 4.41. The molecule has 1 rings (SSSR count). The SMILES string of the molecule is CCC(C)(C)CNc1cc(N)nc(N)n1. The third-order valence-corrected chi connectivity index (χ3v) is 2.47. The molecule has 1 aromatic heterocycles. The summed E-state index contributed by atoms with van der Waals surface area (Å²) >= 11 is 0. The average Bonchev–Trinajstić information content (AvgIpc) is 2.14. The Balaban J connectivity index is 2.65. The highest BCUT2D eigenvalue weighted by Gasteiger charge is 2.14. The van der Waals surface area contributed by atoms with Gasteiger partial charge in [-0.15, -0.1) is 0 Å². The number of nitrogen functional groups attached to an aromatic ring is 2. The van der Waals surface area contributed by atoms with Gasteiger partial charge < -0.3 is 16.8 Å². The van der Waals surface area contributed by atoms with Crippen LogP contribution in [0.25, 0.3) is 0 Å². The zero-order chi connectivity index (χ0) is 11.5. The molecule has 0 aliphatic heterocycles. The number of nitrogens with two attached hydrogens (primary N) is 2. The number of hydrogen-bond acceptors (Lipinski definition) is 5. The van der Waals surface area contributed by atoms with E-state index in [1.54, 1.807) is 6.07 Å². The smallest absolute Gasteiger partial charge is 0.223 e. The van der Waals surface area contributed by atoms with Crippen molar-refractivity contribution < 1.29 is 0 Å². The van der Waals surface area contributed by atoms with E-state index in [1.807, 2.05) is 0 Å². The van der Waals surface area contributed by atoms with Crippen molar-refractivity contribution >= 4 is 17.6 Å². The molecule has 84 valence electrons. The zero-order valence-corrected chi connectivity index (χ0v) is 9.54. The molecule has 0 saturated heterocycles. The topological polar surface area (TPSA) is 89.8 Å². The maximum absolute atomic E-state index is 5.56. The summed E-state index contributed by atoms with van der Waals surface area (Å²) in [6, 6.07) is 1.68. The molecule has 0 unspecified atom stereocenters. The van der Waals surface area contributed by atoms with Crippen molar-refractivity contribution in [2.45, 2.75) is 27.2 Å². The lowest BCUT2D eigenvalue weighted by Crippen LogP contribution is -2.22. The summed E-state index contributed by atoms with van der Waals surface area (Å²) in [7, 11) is 0. The van der Waals surface area contributed by atoms with Crippen molar-refractivity contribution in [2.75, 3.05) is 23.3 Å². The van der Waals surface area contributed by atoms with Gasteiger partial charge in [-0.25, -0.2) is 0 Å². The lowest BCUT2D eigenvalue weighted by molar-refractivity contribution is 0.376. The van der Waals surface area contributed by atoms with Gasteiger partial charge in [-0.05, 0) is 11.8 Å². The molecule has 0 atom stereocenters. The predicted octanol–water partition coefficient (Wildman–Crippen LogP) is 1.49. The minimum atomic E-state index is 0.201. The van der Waals surface area contributed by atoms with E-state index in [0.717, 1.165) is 13.0 Å². The van der Waals surface area contributed by atoms with Crippen LogP contribution < -0.4 is 16.8 Å². The molecule has 1 aromatic rings. The number of aromatic nitrogens is 2. The molecular formula is C10H19N5. The number of anilines is 3. The third-order valence-electron chi connectivity index (χ3n) is 2.47. The van der Waals surface area contributed by atoms with E-state index in [-0.39, 0.29) is 11.4 Å². The number of hydrogen-bond donors (Lipinski definition) is 3. The number of nitrogens with zero attached hydrogens (tertiary/aromatic N) is 2. The Morgan fingerprint density at radius 1 is 1.33 bits per heavy atom. The van der Waals surface area contributed by atoms with Crippen LogP contribution in [-0.4, -0.2) is 16.5 Å². The van der Waals surface area contributed by atoms with Gasteiger partial charge in [0.2, 0.25) is 5.95 Å². The van der Waals surface area contributed by atoms with Gasteiger partial charge in [-0.3, -0.25) is 0 Å². The molecule has 0 amide bonds. The maximum atomic E-state index is 5.56. The summed E-state index contributed by atoms with van der Waals surface area (Å²) in [5, 5.41) is 3.21. The second kappa shape index (κ2) is 4.33. The van der Waals surface area contributed by atoms with Crippen molar-refractivity contribution in [1.82, 2.24) is 9.97 Å². The van der Waals surface area contributed by atoms with E-state index in [0.29, 0.717) is 11.6 Å². The summed E-state index contributed by atoms with van der Waals surface area (Å²) in [5.74, 6) is 1.27. The first kappa shape index (κ1) is 11.6. The van der Waals surface area contributed by atoms with Crippen LogP contribution in [-0.2, 0) is 0 Å². The molecule has 0 spiro atoms. The minimum absolute atomic E-state index is 0.201. The van der Waals surface area contributed by atoms with E-state index < -0.39 is 0 Å². The summed E-state index contributed by atoms with van der Waals surface area (Å²) in [4.78, 5) is 7.85. The highest BCUT2D eigenvalue weighted by molar-refractivity contribution is 5.48. The van der Waals surface area contributed by atoms with Gasteiger partial charge >= 0.3 is 0 Å².